The fourth-order valence-corrected chi connectivity index (χ4v) is 2.33. The molecule has 2 heterocycles. The minimum atomic E-state index is 0. The van der Waals surface area contributed by atoms with E-state index in [1.54, 1.807) is 24.6 Å². The van der Waals surface area contributed by atoms with Crippen molar-refractivity contribution in [2.24, 2.45) is 4.99 Å². The molecule has 0 saturated heterocycles. The molecule has 7 heteroatoms. The first-order valence-corrected chi connectivity index (χ1v) is 7.21. The van der Waals surface area contributed by atoms with Crippen LogP contribution < -0.4 is 10.6 Å². The second-order valence-electron chi connectivity index (χ2n) is 4.05. The van der Waals surface area contributed by atoms with Gasteiger partial charge in [-0.3, -0.25) is 9.67 Å². The van der Waals surface area contributed by atoms with Crippen LogP contribution in [0.15, 0.2) is 41.0 Å². The van der Waals surface area contributed by atoms with Gasteiger partial charge in [0.15, 0.2) is 5.96 Å². The Morgan fingerprint density at radius 3 is 2.95 bits per heavy atom. The van der Waals surface area contributed by atoms with Crippen LogP contribution >= 0.6 is 35.3 Å². The van der Waals surface area contributed by atoms with E-state index in [9.17, 15) is 0 Å². The number of aryl methyl sites for hydroxylation is 1. The minimum absolute atomic E-state index is 0. The van der Waals surface area contributed by atoms with Crippen molar-refractivity contribution in [1.29, 1.82) is 0 Å². The van der Waals surface area contributed by atoms with Crippen molar-refractivity contribution in [2.45, 2.75) is 19.5 Å². The van der Waals surface area contributed by atoms with Crippen LogP contribution in [0.25, 0.3) is 0 Å². The van der Waals surface area contributed by atoms with E-state index in [0.717, 1.165) is 32.0 Å². The van der Waals surface area contributed by atoms with Gasteiger partial charge in [-0.25, -0.2) is 0 Å². The summed E-state index contributed by atoms with van der Waals surface area (Å²) < 4.78 is 1.93. The molecule has 0 aromatic carbocycles. The third kappa shape index (κ3) is 5.91. The standard InChI is InChI=1S/C13H19N5S.HI/c1-14-13(16-11-12-5-2-10-19-12)15-6-3-8-18-9-4-7-17-18;/h2,4-5,7,9-10H,3,6,8,11H2,1H3,(H2,14,15,16);1H. The third-order valence-corrected chi connectivity index (χ3v) is 3.53. The highest BCUT2D eigenvalue weighted by Gasteiger charge is 1.98. The second-order valence-corrected chi connectivity index (χ2v) is 5.09. The number of aliphatic imine (C=N–C) groups is 1. The van der Waals surface area contributed by atoms with Crippen molar-refractivity contribution in [1.82, 2.24) is 20.4 Å². The maximum atomic E-state index is 4.20. The van der Waals surface area contributed by atoms with E-state index in [1.807, 2.05) is 16.9 Å². The molecule has 0 radical (unpaired) electrons. The van der Waals surface area contributed by atoms with Gasteiger partial charge in [0.1, 0.15) is 0 Å². The smallest absolute Gasteiger partial charge is 0.191 e. The van der Waals surface area contributed by atoms with Gasteiger partial charge in [-0.15, -0.1) is 35.3 Å². The monoisotopic (exact) mass is 405 g/mol. The van der Waals surface area contributed by atoms with E-state index >= 15 is 0 Å². The fraction of sp³-hybridized carbons (Fsp3) is 0.385. The van der Waals surface area contributed by atoms with Crippen LogP contribution in [0, 0.1) is 0 Å². The van der Waals surface area contributed by atoms with Gasteiger partial charge in [0.25, 0.3) is 0 Å². The van der Waals surface area contributed by atoms with Crippen molar-refractivity contribution >= 4 is 41.3 Å². The number of nitrogens with zero attached hydrogens (tertiary/aromatic N) is 3. The highest BCUT2D eigenvalue weighted by molar-refractivity contribution is 14.0. The molecule has 0 unspecified atom stereocenters. The number of nitrogens with one attached hydrogen (secondary N) is 2. The average molecular weight is 405 g/mol. The van der Waals surface area contributed by atoms with Gasteiger partial charge in [-0.1, -0.05) is 6.07 Å². The van der Waals surface area contributed by atoms with Crippen molar-refractivity contribution in [3.63, 3.8) is 0 Å². The SMILES string of the molecule is CN=C(NCCCn1cccn1)NCc1cccs1.I. The average Bonchev–Trinajstić information content (AvgIpc) is 3.11. The van der Waals surface area contributed by atoms with Crippen molar-refractivity contribution in [3.8, 4) is 0 Å². The van der Waals surface area contributed by atoms with E-state index in [1.165, 1.54) is 4.88 Å². The van der Waals surface area contributed by atoms with Gasteiger partial charge in [0, 0.05) is 37.4 Å². The molecule has 20 heavy (non-hydrogen) atoms. The van der Waals surface area contributed by atoms with Gasteiger partial charge >= 0.3 is 0 Å². The molecule has 5 nitrogen and oxygen atoms in total. The zero-order valence-electron chi connectivity index (χ0n) is 11.5. The normalized spacial score (nSPS) is 10.9. The molecule has 2 aromatic heterocycles. The number of halogens is 1. The Morgan fingerprint density at radius 2 is 2.30 bits per heavy atom. The maximum Gasteiger partial charge on any atom is 0.191 e. The van der Waals surface area contributed by atoms with Crippen LogP contribution in [0.1, 0.15) is 11.3 Å². The number of aromatic nitrogens is 2. The van der Waals surface area contributed by atoms with Crippen LogP contribution in [-0.4, -0.2) is 29.3 Å². The summed E-state index contributed by atoms with van der Waals surface area (Å²) in [7, 11) is 1.79. The van der Waals surface area contributed by atoms with Gasteiger partial charge < -0.3 is 10.6 Å². The molecule has 2 N–H and O–H groups in total. The summed E-state index contributed by atoms with van der Waals surface area (Å²) in [5.74, 6) is 0.842. The predicted molar refractivity (Wildman–Crippen MR) is 94.8 cm³/mol. The Bertz CT molecular complexity index is 481. The summed E-state index contributed by atoms with van der Waals surface area (Å²) in [5, 5.41) is 12.8. The molecule has 2 aromatic rings. The van der Waals surface area contributed by atoms with Crippen LogP contribution in [0.5, 0.6) is 0 Å². The molecule has 2 rings (SSSR count). The first kappa shape index (κ1) is 17.0. The van der Waals surface area contributed by atoms with Crippen molar-refractivity contribution in [2.75, 3.05) is 13.6 Å². The Kier molecular flexibility index (Phi) is 8.28. The quantitative estimate of drug-likeness (QED) is 0.336. The summed E-state index contributed by atoms with van der Waals surface area (Å²) in [4.78, 5) is 5.50. The minimum Gasteiger partial charge on any atom is -0.356 e. The molecule has 0 atom stereocenters. The first-order chi connectivity index (χ1) is 9.38. The zero-order chi connectivity index (χ0) is 13.3. The summed E-state index contributed by atoms with van der Waals surface area (Å²) in [6.07, 6.45) is 4.79. The lowest BCUT2D eigenvalue weighted by molar-refractivity contribution is 0.570. The molecule has 0 fully saturated rings. The molecule has 0 bridgehead atoms. The second kappa shape index (κ2) is 9.76. The third-order valence-electron chi connectivity index (χ3n) is 2.65. The Balaban J connectivity index is 0.00000200. The molecule has 0 amide bonds. The number of hydrogen-bond acceptors (Lipinski definition) is 3. The highest BCUT2D eigenvalue weighted by Crippen LogP contribution is 2.06. The van der Waals surface area contributed by atoms with Crippen LogP contribution in [0.3, 0.4) is 0 Å². The van der Waals surface area contributed by atoms with Crippen LogP contribution in [-0.2, 0) is 13.1 Å². The van der Waals surface area contributed by atoms with E-state index in [4.69, 9.17) is 0 Å². The molecule has 0 spiro atoms. The van der Waals surface area contributed by atoms with E-state index < -0.39 is 0 Å². The Hall–Kier alpha value is -1.09. The molecule has 0 aliphatic rings. The molecule has 0 aliphatic heterocycles. The summed E-state index contributed by atoms with van der Waals surface area (Å²) in [6.45, 7) is 2.61. The van der Waals surface area contributed by atoms with Gasteiger partial charge in [-0.2, -0.15) is 5.10 Å². The largest absolute Gasteiger partial charge is 0.356 e. The molecule has 0 aliphatic carbocycles. The van der Waals surface area contributed by atoms with Gasteiger partial charge in [0.05, 0.1) is 6.54 Å². The van der Waals surface area contributed by atoms with Crippen molar-refractivity contribution < 1.29 is 0 Å². The van der Waals surface area contributed by atoms with Gasteiger partial charge in [-0.05, 0) is 23.9 Å². The lowest BCUT2D eigenvalue weighted by Gasteiger charge is -2.11. The van der Waals surface area contributed by atoms with E-state index in [-0.39, 0.29) is 24.0 Å². The highest BCUT2D eigenvalue weighted by atomic mass is 127. The van der Waals surface area contributed by atoms with E-state index in [2.05, 4.69) is 38.2 Å². The number of hydrogen-bond donors (Lipinski definition) is 2. The number of rotatable bonds is 6. The van der Waals surface area contributed by atoms with Crippen LogP contribution in [0.4, 0.5) is 0 Å². The maximum absolute atomic E-state index is 4.20. The molecule has 110 valence electrons. The summed E-state index contributed by atoms with van der Waals surface area (Å²) in [5.41, 5.74) is 0. The molecular weight excluding hydrogens is 385 g/mol. The molecule has 0 saturated carbocycles. The predicted octanol–water partition coefficient (Wildman–Crippen LogP) is 2.32. The fourth-order valence-electron chi connectivity index (χ4n) is 1.69. The summed E-state index contributed by atoms with van der Waals surface area (Å²) >= 11 is 1.75. The van der Waals surface area contributed by atoms with Crippen LogP contribution in [0.2, 0.25) is 0 Å². The van der Waals surface area contributed by atoms with E-state index in [0.29, 0.717) is 0 Å². The lowest BCUT2D eigenvalue weighted by Crippen LogP contribution is -2.37. The first-order valence-electron chi connectivity index (χ1n) is 6.33. The number of guanidine groups is 1. The molecular formula is C13H20IN5S. The lowest BCUT2D eigenvalue weighted by atomic mass is 10.4. The Morgan fingerprint density at radius 1 is 1.40 bits per heavy atom. The summed E-state index contributed by atoms with van der Waals surface area (Å²) in [6, 6.07) is 6.11. The van der Waals surface area contributed by atoms with Crippen molar-refractivity contribution in [3.05, 3.63) is 40.8 Å². The Labute approximate surface area is 140 Å². The topological polar surface area (TPSA) is 54.2 Å². The number of thiophene rings is 1. The van der Waals surface area contributed by atoms with Gasteiger partial charge in [0.2, 0.25) is 0 Å². The zero-order valence-corrected chi connectivity index (χ0v) is 14.6.